The van der Waals surface area contributed by atoms with Gasteiger partial charge in [0.25, 0.3) is 5.91 Å². The van der Waals surface area contributed by atoms with Crippen LogP contribution in [0.3, 0.4) is 0 Å². The number of aromatic hydroxyl groups is 1. The van der Waals surface area contributed by atoms with Crippen molar-refractivity contribution in [3.63, 3.8) is 0 Å². The van der Waals surface area contributed by atoms with Crippen molar-refractivity contribution in [1.29, 1.82) is 0 Å². The summed E-state index contributed by atoms with van der Waals surface area (Å²) in [6.07, 6.45) is 1.48. The molecule has 0 heterocycles. The number of nitrogens with zero attached hydrogens (tertiary/aromatic N) is 1. The predicted molar refractivity (Wildman–Crippen MR) is 131 cm³/mol. The van der Waals surface area contributed by atoms with Gasteiger partial charge < -0.3 is 21.1 Å². The first kappa shape index (κ1) is 25.0. The minimum Gasteiger partial charge on any atom is -0.508 e. The van der Waals surface area contributed by atoms with Gasteiger partial charge in [-0.25, -0.2) is 0 Å². The third kappa shape index (κ3) is 5.69. The summed E-state index contributed by atoms with van der Waals surface area (Å²) in [6, 6.07) is 10.1. The highest BCUT2D eigenvalue weighted by Crippen LogP contribution is 2.39. The number of hydrogen-bond donors (Lipinski definition) is 3. The Morgan fingerprint density at radius 3 is 2.03 bits per heavy atom. The molecule has 2 rings (SSSR count). The van der Waals surface area contributed by atoms with Gasteiger partial charge in [0.2, 0.25) is 5.78 Å². The number of rotatable bonds is 5. The lowest BCUT2D eigenvalue weighted by Gasteiger charge is -2.28. The number of anilines is 2. The number of hydrogen-bond acceptors (Lipinski definition) is 5. The molecule has 0 aliphatic rings. The number of nitrogens with one attached hydrogen (secondary N) is 1. The molecule has 0 fully saturated rings. The van der Waals surface area contributed by atoms with E-state index in [4.69, 9.17) is 5.73 Å². The molecule has 0 saturated carbocycles. The molecule has 0 bridgehead atoms. The summed E-state index contributed by atoms with van der Waals surface area (Å²) in [5.41, 5.74) is 8.03. The largest absolute Gasteiger partial charge is 0.508 e. The SMILES string of the molecule is CN(C)/C=C(\C(=O)Nc1cc(O)c(C(C)(C)C)cc1C(C)(C)C)C(=O)c1ccccc1N. The third-order valence-electron chi connectivity index (χ3n) is 5.08. The van der Waals surface area contributed by atoms with E-state index < -0.39 is 11.7 Å². The third-order valence-corrected chi connectivity index (χ3v) is 5.08. The van der Waals surface area contributed by atoms with Crippen LogP contribution in [0.15, 0.2) is 48.2 Å². The van der Waals surface area contributed by atoms with Gasteiger partial charge in [-0.2, -0.15) is 0 Å². The monoisotopic (exact) mass is 437 g/mol. The Bertz CT molecular complexity index is 1050. The standard InChI is InChI=1S/C26H35N3O3/c1-25(2,3)18-13-19(26(4,5)6)22(30)14-21(18)28-24(32)17(15-29(7)8)23(31)16-11-9-10-12-20(16)27/h9-15,30H,27H2,1-8H3,(H,28,32)/b17-15-. The summed E-state index contributed by atoms with van der Waals surface area (Å²) < 4.78 is 0. The van der Waals surface area contributed by atoms with Crippen LogP contribution >= 0.6 is 0 Å². The van der Waals surface area contributed by atoms with E-state index in [-0.39, 0.29) is 27.7 Å². The second kappa shape index (κ2) is 9.07. The van der Waals surface area contributed by atoms with Crippen molar-refractivity contribution in [2.24, 2.45) is 0 Å². The summed E-state index contributed by atoms with van der Waals surface area (Å²) >= 11 is 0. The second-order valence-electron chi connectivity index (χ2n) is 10.3. The average Bonchev–Trinajstić information content (AvgIpc) is 2.63. The highest BCUT2D eigenvalue weighted by molar-refractivity contribution is 6.29. The number of para-hydroxylation sites is 1. The van der Waals surface area contributed by atoms with Gasteiger partial charge in [-0.3, -0.25) is 9.59 Å². The van der Waals surface area contributed by atoms with E-state index in [0.29, 0.717) is 11.4 Å². The molecule has 0 atom stereocenters. The number of carbonyl (C=O) groups is 2. The van der Waals surface area contributed by atoms with Crippen molar-refractivity contribution < 1.29 is 14.7 Å². The summed E-state index contributed by atoms with van der Waals surface area (Å²) in [5.74, 6) is -0.944. The highest BCUT2D eigenvalue weighted by atomic mass is 16.3. The average molecular weight is 438 g/mol. The van der Waals surface area contributed by atoms with E-state index in [2.05, 4.69) is 5.32 Å². The molecule has 2 aromatic rings. The van der Waals surface area contributed by atoms with Crippen molar-refractivity contribution in [2.45, 2.75) is 52.4 Å². The number of phenols is 1. The lowest BCUT2D eigenvalue weighted by Crippen LogP contribution is -2.26. The molecule has 4 N–H and O–H groups in total. The lowest BCUT2D eigenvalue weighted by molar-refractivity contribution is -0.112. The van der Waals surface area contributed by atoms with E-state index in [9.17, 15) is 14.7 Å². The van der Waals surface area contributed by atoms with Crippen molar-refractivity contribution >= 4 is 23.1 Å². The van der Waals surface area contributed by atoms with Crippen LogP contribution in [0.1, 0.15) is 63.0 Å². The van der Waals surface area contributed by atoms with Gasteiger partial charge in [0, 0.05) is 43.3 Å². The minimum atomic E-state index is -0.569. The first-order valence-corrected chi connectivity index (χ1v) is 10.6. The van der Waals surface area contributed by atoms with E-state index in [0.717, 1.165) is 11.1 Å². The molecule has 2 aromatic carbocycles. The van der Waals surface area contributed by atoms with Crippen LogP contribution in [-0.2, 0) is 15.6 Å². The Labute approximate surface area is 191 Å². The van der Waals surface area contributed by atoms with Gasteiger partial charge in [0.15, 0.2) is 0 Å². The summed E-state index contributed by atoms with van der Waals surface area (Å²) in [5, 5.41) is 13.5. The summed E-state index contributed by atoms with van der Waals surface area (Å²) in [6.45, 7) is 12.2. The van der Waals surface area contributed by atoms with Gasteiger partial charge in [0.05, 0.1) is 0 Å². The van der Waals surface area contributed by atoms with Crippen LogP contribution in [0.4, 0.5) is 11.4 Å². The second-order valence-corrected chi connectivity index (χ2v) is 10.3. The number of Topliss-reactive ketones (excluding diaryl/α,β-unsaturated/α-hetero) is 1. The number of amides is 1. The predicted octanol–water partition coefficient (Wildman–Crippen LogP) is 4.84. The van der Waals surface area contributed by atoms with Crippen LogP contribution in [-0.4, -0.2) is 35.8 Å². The van der Waals surface area contributed by atoms with Crippen LogP contribution in [0.2, 0.25) is 0 Å². The van der Waals surface area contributed by atoms with Gasteiger partial charge in [-0.15, -0.1) is 0 Å². The number of nitrogen functional groups attached to an aromatic ring is 1. The topological polar surface area (TPSA) is 95.7 Å². The van der Waals surface area contributed by atoms with Crippen molar-refractivity contribution in [3.05, 3.63) is 64.9 Å². The van der Waals surface area contributed by atoms with Crippen LogP contribution in [0.5, 0.6) is 5.75 Å². The highest BCUT2D eigenvalue weighted by Gasteiger charge is 2.28. The van der Waals surface area contributed by atoms with Crippen LogP contribution < -0.4 is 11.1 Å². The Morgan fingerprint density at radius 2 is 1.53 bits per heavy atom. The zero-order valence-electron chi connectivity index (χ0n) is 20.3. The van der Waals surface area contributed by atoms with Crippen molar-refractivity contribution in [3.8, 4) is 5.75 Å². The van der Waals surface area contributed by atoms with E-state index in [1.807, 2.05) is 47.6 Å². The molecule has 0 spiro atoms. The van der Waals surface area contributed by atoms with Gasteiger partial charge in [0.1, 0.15) is 11.3 Å². The normalized spacial score (nSPS) is 12.4. The zero-order valence-corrected chi connectivity index (χ0v) is 20.3. The molecule has 0 radical (unpaired) electrons. The lowest BCUT2D eigenvalue weighted by atomic mass is 9.79. The fraction of sp³-hybridized carbons (Fsp3) is 0.385. The molecule has 172 valence electrons. The van der Waals surface area contributed by atoms with Crippen molar-refractivity contribution in [2.75, 3.05) is 25.1 Å². The molecule has 0 aliphatic heterocycles. The molecule has 0 unspecified atom stereocenters. The Morgan fingerprint density at radius 1 is 0.969 bits per heavy atom. The summed E-state index contributed by atoms with van der Waals surface area (Å²) in [4.78, 5) is 28.1. The molecular weight excluding hydrogens is 402 g/mol. The molecular formula is C26H35N3O3. The molecule has 0 aromatic heterocycles. The number of carbonyl (C=O) groups excluding carboxylic acids is 2. The van der Waals surface area contributed by atoms with Crippen molar-refractivity contribution in [1.82, 2.24) is 4.90 Å². The Kier molecular flexibility index (Phi) is 7.08. The molecule has 0 aliphatic carbocycles. The number of ketones is 1. The number of nitrogens with two attached hydrogens (primary N) is 1. The maximum Gasteiger partial charge on any atom is 0.261 e. The number of phenolic OH excluding ortho intramolecular Hbond substituents is 1. The van der Waals surface area contributed by atoms with Gasteiger partial charge in [-0.1, -0.05) is 53.7 Å². The zero-order chi connectivity index (χ0) is 24.4. The van der Waals surface area contributed by atoms with E-state index >= 15 is 0 Å². The summed E-state index contributed by atoms with van der Waals surface area (Å²) in [7, 11) is 3.47. The molecule has 1 amide bonds. The number of benzene rings is 2. The fourth-order valence-corrected chi connectivity index (χ4v) is 3.43. The van der Waals surface area contributed by atoms with Crippen LogP contribution in [0, 0.1) is 0 Å². The molecule has 6 nitrogen and oxygen atoms in total. The van der Waals surface area contributed by atoms with E-state index in [1.54, 1.807) is 49.3 Å². The fourth-order valence-electron chi connectivity index (χ4n) is 3.43. The van der Waals surface area contributed by atoms with Gasteiger partial charge in [-0.05, 0) is 40.2 Å². The molecule has 6 heteroatoms. The smallest absolute Gasteiger partial charge is 0.261 e. The maximum absolute atomic E-state index is 13.3. The van der Waals surface area contributed by atoms with Crippen LogP contribution in [0.25, 0.3) is 0 Å². The van der Waals surface area contributed by atoms with E-state index in [1.165, 1.54) is 6.20 Å². The minimum absolute atomic E-state index is 0.0489. The Hall–Kier alpha value is -3.28. The maximum atomic E-state index is 13.3. The quantitative estimate of drug-likeness (QED) is 0.205. The molecule has 32 heavy (non-hydrogen) atoms. The first-order chi connectivity index (χ1) is 14.6. The Balaban J connectivity index is 2.56. The molecule has 0 saturated heterocycles. The first-order valence-electron chi connectivity index (χ1n) is 10.6. The van der Waals surface area contributed by atoms with Gasteiger partial charge >= 0.3 is 0 Å².